The summed E-state index contributed by atoms with van der Waals surface area (Å²) in [6, 6.07) is 26.5. The first-order valence-electron chi connectivity index (χ1n) is 10.3. The lowest BCUT2D eigenvalue weighted by molar-refractivity contribution is 0.608. The van der Waals surface area contributed by atoms with E-state index in [2.05, 4.69) is 66.7 Å². The van der Waals surface area contributed by atoms with Crippen LogP contribution in [0.1, 0.15) is 12.8 Å². The quantitative estimate of drug-likeness (QED) is 0.187. The Hall–Kier alpha value is -2.03. The standard InChI is InChI=1S/C24H27N2OSi2/c25-12-4-14-28-27-29(15-5-13-26)23-9-3-8-18-10-11-21-16-19-6-1-2-7-20(19)17-22(21)24(18)23/h1-3,6-11,16-17H,4-5,12-15,25-26H2. The van der Waals surface area contributed by atoms with Crippen molar-refractivity contribution < 1.29 is 4.12 Å². The number of nitrogens with two attached hydrogens (primary N) is 2. The maximum Gasteiger partial charge on any atom is 0.235 e. The van der Waals surface area contributed by atoms with Crippen LogP contribution in [0.3, 0.4) is 0 Å². The van der Waals surface area contributed by atoms with Crippen LogP contribution in [0, 0.1) is 0 Å². The molecule has 0 aliphatic rings. The molecule has 3 radical (unpaired) electrons. The van der Waals surface area contributed by atoms with Gasteiger partial charge in [-0.2, -0.15) is 0 Å². The molecule has 0 saturated carbocycles. The highest BCUT2D eigenvalue weighted by atomic mass is 28.3. The molecule has 4 aromatic carbocycles. The lowest BCUT2D eigenvalue weighted by atomic mass is 9.98. The van der Waals surface area contributed by atoms with Crippen molar-refractivity contribution >= 4 is 56.3 Å². The van der Waals surface area contributed by atoms with Gasteiger partial charge in [-0.05, 0) is 87.7 Å². The van der Waals surface area contributed by atoms with E-state index in [0.29, 0.717) is 16.3 Å². The second kappa shape index (κ2) is 9.65. The van der Waals surface area contributed by atoms with Crippen molar-refractivity contribution in [2.75, 3.05) is 13.1 Å². The highest BCUT2D eigenvalue weighted by molar-refractivity contribution is 6.74. The van der Waals surface area contributed by atoms with Gasteiger partial charge in [0.1, 0.15) is 0 Å². The first kappa shape index (κ1) is 20.3. The van der Waals surface area contributed by atoms with Crippen LogP contribution in [0.4, 0.5) is 0 Å². The van der Waals surface area contributed by atoms with Gasteiger partial charge in [0.15, 0.2) is 0 Å². The molecule has 29 heavy (non-hydrogen) atoms. The first-order chi connectivity index (χ1) is 14.3. The Morgan fingerprint density at radius 3 is 2.28 bits per heavy atom. The molecule has 0 bridgehead atoms. The van der Waals surface area contributed by atoms with Crippen molar-refractivity contribution in [3.05, 3.63) is 66.7 Å². The molecule has 4 aromatic rings. The van der Waals surface area contributed by atoms with Crippen LogP contribution in [0.15, 0.2) is 66.7 Å². The third kappa shape index (κ3) is 4.44. The Kier molecular flexibility index (Phi) is 6.74. The number of benzene rings is 4. The van der Waals surface area contributed by atoms with Crippen molar-refractivity contribution in [1.29, 1.82) is 0 Å². The molecular weight excluding hydrogens is 388 g/mol. The Morgan fingerprint density at radius 1 is 0.759 bits per heavy atom. The summed E-state index contributed by atoms with van der Waals surface area (Å²) in [6.07, 6.45) is 2.02. The van der Waals surface area contributed by atoms with Crippen molar-refractivity contribution in [1.82, 2.24) is 0 Å². The second-order valence-electron chi connectivity index (χ2n) is 7.34. The molecule has 0 aromatic heterocycles. The Bertz CT molecular complexity index is 1120. The van der Waals surface area contributed by atoms with E-state index in [9.17, 15) is 0 Å². The van der Waals surface area contributed by atoms with Crippen LogP contribution in [0.2, 0.25) is 12.1 Å². The zero-order valence-electron chi connectivity index (χ0n) is 16.7. The molecule has 0 amide bonds. The van der Waals surface area contributed by atoms with Gasteiger partial charge in [0, 0.05) is 0 Å². The minimum atomic E-state index is -1.14. The van der Waals surface area contributed by atoms with Crippen LogP contribution >= 0.6 is 0 Å². The summed E-state index contributed by atoms with van der Waals surface area (Å²) in [5.41, 5.74) is 11.5. The van der Waals surface area contributed by atoms with E-state index in [4.69, 9.17) is 15.6 Å². The average Bonchev–Trinajstić information content (AvgIpc) is 2.77. The van der Waals surface area contributed by atoms with Crippen molar-refractivity contribution in [3.8, 4) is 0 Å². The summed E-state index contributed by atoms with van der Waals surface area (Å²) in [6.45, 7) is 1.44. The van der Waals surface area contributed by atoms with Crippen LogP contribution in [-0.4, -0.2) is 31.9 Å². The van der Waals surface area contributed by atoms with E-state index >= 15 is 0 Å². The molecule has 0 aliphatic carbocycles. The second-order valence-corrected chi connectivity index (χ2v) is 10.8. The van der Waals surface area contributed by atoms with Crippen molar-refractivity contribution in [2.24, 2.45) is 11.5 Å². The number of hydrogen-bond acceptors (Lipinski definition) is 3. The third-order valence-corrected chi connectivity index (χ3v) is 9.26. The molecule has 3 nitrogen and oxygen atoms in total. The molecule has 0 saturated heterocycles. The van der Waals surface area contributed by atoms with Gasteiger partial charge >= 0.3 is 0 Å². The van der Waals surface area contributed by atoms with E-state index in [1.807, 2.05) is 0 Å². The Labute approximate surface area is 176 Å². The molecule has 147 valence electrons. The zero-order valence-corrected chi connectivity index (χ0v) is 18.7. The lowest BCUT2D eigenvalue weighted by Gasteiger charge is -2.19. The minimum absolute atomic E-state index is 0.513. The van der Waals surface area contributed by atoms with Crippen LogP contribution in [-0.2, 0) is 4.12 Å². The number of hydrogen-bond donors (Lipinski definition) is 2. The van der Waals surface area contributed by atoms with E-state index < -0.39 is 9.04 Å². The fourth-order valence-electron chi connectivity index (χ4n) is 3.85. The van der Waals surface area contributed by atoms with Crippen LogP contribution in [0.5, 0.6) is 0 Å². The molecule has 0 heterocycles. The Morgan fingerprint density at radius 2 is 1.48 bits per heavy atom. The predicted molar refractivity (Wildman–Crippen MR) is 128 cm³/mol. The maximum atomic E-state index is 6.50. The molecule has 0 spiro atoms. The SMILES string of the molecule is NCCC[Si]O[Si](CCCN)c1cccc2ccc3cc4ccccc4cc3c12. The average molecular weight is 416 g/mol. The molecule has 5 heteroatoms. The van der Waals surface area contributed by atoms with Gasteiger partial charge < -0.3 is 15.6 Å². The summed E-state index contributed by atoms with van der Waals surface area (Å²) in [5.74, 6) is 0. The lowest BCUT2D eigenvalue weighted by Crippen LogP contribution is -2.36. The number of rotatable bonds is 9. The molecule has 0 fully saturated rings. The summed E-state index contributed by atoms with van der Waals surface area (Å²) in [4.78, 5) is 0. The van der Waals surface area contributed by atoms with Crippen molar-refractivity contribution in [2.45, 2.75) is 24.9 Å². The largest absolute Gasteiger partial charge is 0.453 e. The minimum Gasteiger partial charge on any atom is -0.453 e. The van der Waals surface area contributed by atoms with Gasteiger partial charge in [-0.1, -0.05) is 54.6 Å². The molecular formula is C24H27N2OSi2. The highest BCUT2D eigenvalue weighted by Crippen LogP contribution is 2.29. The Balaban J connectivity index is 1.84. The summed E-state index contributed by atoms with van der Waals surface area (Å²) in [5, 5.41) is 9.19. The summed E-state index contributed by atoms with van der Waals surface area (Å²) < 4.78 is 6.50. The van der Waals surface area contributed by atoms with Gasteiger partial charge in [-0.3, -0.25) is 0 Å². The van der Waals surface area contributed by atoms with Gasteiger partial charge in [0.25, 0.3) is 0 Å². The smallest absolute Gasteiger partial charge is 0.235 e. The molecule has 0 aliphatic heterocycles. The normalized spacial score (nSPS) is 11.8. The van der Waals surface area contributed by atoms with E-state index in [0.717, 1.165) is 31.5 Å². The summed E-state index contributed by atoms with van der Waals surface area (Å²) >= 11 is 0. The number of fused-ring (bicyclic) bond motifs is 4. The molecule has 4 rings (SSSR count). The topological polar surface area (TPSA) is 61.3 Å². The zero-order chi connectivity index (χ0) is 20.1. The predicted octanol–water partition coefficient (Wildman–Crippen LogP) is 4.10. The molecule has 0 atom stereocenters. The van der Waals surface area contributed by atoms with E-state index in [1.165, 1.54) is 37.5 Å². The summed E-state index contributed by atoms with van der Waals surface area (Å²) in [7, 11) is -0.629. The van der Waals surface area contributed by atoms with E-state index in [-0.39, 0.29) is 0 Å². The van der Waals surface area contributed by atoms with Gasteiger partial charge in [0.05, 0.1) is 0 Å². The van der Waals surface area contributed by atoms with Gasteiger partial charge in [0.2, 0.25) is 18.8 Å². The first-order valence-corrected chi connectivity index (χ1v) is 13.0. The van der Waals surface area contributed by atoms with Gasteiger partial charge in [-0.25, -0.2) is 0 Å². The maximum absolute atomic E-state index is 6.50. The third-order valence-electron chi connectivity index (χ3n) is 5.31. The van der Waals surface area contributed by atoms with E-state index in [1.54, 1.807) is 0 Å². The van der Waals surface area contributed by atoms with Gasteiger partial charge in [-0.15, -0.1) is 0 Å². The molecule has 0 unspecified atom stereocenters. The van der Waals surface area contributed by atoms with Crippen molar-refractivity contribution in [3.63, 3.8) is 0 Å². The fourth-order valence-corrected chi connectivity index (χ4v) is 7.79. The fraction of sp³-hybridized carbons (Fsp3) is 0.250. The monoisotopic (exact) mass is 415 g/mol. The highest BCUT2D eigenvalue weighted by Gasteiger charge is 2.20. The van der Waals surface area contributed by atoms with Crippen LogP contribution < -0.4 is 16.7 Å². The molecule has 4 N–H and O–H groups in total. The van der Waals surface area contributed by atoms with Crippen LogP contribution in [0.25, 0.3) is 32.3 Å².